The highest BCUT2D eigenvalue weighted by atomic mass is 19.1. The first-order chi connectivity index (χ1) is 9.56. The number of hydrogen-bond donors (Lipinski definition) is 1. The lowest BCUT2D eigenvalue weighted by atomic mass is 10.1. The summed E-state index contributed by atoms with van der Waals surface area (Å²) in [7, 11) is 1.75. The zero-order valence-corrected chi connectivity index (χ0v) is 12.1. The molecule has 20 heavy (non-hydrogen) atoms. The summed E-state index contributed by atoms with van der Waals surface area (Å²) in [5.41, 5.74) is 0.645. The molecule has 1 saturated heterocycles. The molecule has 0 aromatic heterocycles. The number of likely N-dealkylation sites (N-methyl/N-ethyl adjacent to an activating group) is 1. The molecule has 1 fully saturated rings. The van der Waals surface area contributed by atoms with Gasteiger partial charge in [0.15, 0.2) is 0 Å². The van der Waals surface area contributed by atoms with Crippen LogP contribution in [0.2, 0.25) is 0 Å². The molecule has 1 heterocycles. The fourth-order valence-electron chi connectivity index (χ4n) is 2.63. The fraction of sp³-hybridized carbons (Fsp3) is 0.533. The lowest BCUT2D eigenvalue weighted by Gasteiger charge is -2.27. The van der Waals surface area contributed by atoms with Crippen LogP contribution in [0.4, 0.5) is 10.1 Å². The second-order valence-corrected chi connectivity index (χ2v) is 5.04. The lowest BCUT2D eigenvalue weighted by molar-refractivity contribution is 0.0575. The van der Waals surface area contributed by atoms with Crippen LogP contribution in [0.5, 0.6) is 0 Å². The second kappa shape index (κ2) is 6.22. The molecule has 0 bridgehead atoms. The zero-order valence-electron chi connectivity index (χ0n) is 12.1. The van der Waals surface area contributed by atoms with Crippen LogP contribution in [0.25, 0.3) is 0 Å². The summed E-state index contributed by atoms with van der Waals surface area (Å²) in [5, 5.41) is 2.93. The molecule has 1 aromatic rings. The molecule has 5 heteroatoms. The van der Waals surface area contributed by atoms with Gasteiger partial charge >= 0.3 is 0 Å². The fourth-order valence-corrected chi connectivity index (χ4v) is 2.63. The van der Waals surface area contributed by atoms with Gasteiger partial charge in [0.2, 0.25) is 0 Å². The Bertz CT molecular complexity index is 493. The molecule has 1 N–H and O–H groups in total. The minimum Gasteiger partial charge on any atom is -0.382 e. The van der Waals surface area contributed by atoms with Crippen molar-refractivity contribution in [1.82, 2.24) is 4.90 Å². The van der Waals surface area contributed by atoms with Gasteiger partial charge in [-0.3, -0.25) is 4.79 Å². The Balaban J connectivity index is 2.26. The van der Waals surface area contributed by atoms with Gasteiger partial charge in [0.05, 0.1) is 23.4 Å². The average Bonchev–Trinajstić information content (AvgIpc) is 2.86. The van der Waals surface area contributed by atoms with Crippen LogP contribution >= 0.6 is 0 Å². The number of nitrogens with one attached hydrogen (secondary N) is 1. The number of ether oxygens (including phenoxy) is 1. The molecule has 0 spiro atoms. The van der Waals surface area contributed by atoms with Crippen molar-refractivity contribution in [3.05, 3.63) is 29.6 Å². The summed E-state index contributed by atoms with van der Waals surface area (Å²) < 4.78 is 19.3. The van der Waals surface area contributed by atoms with Crippen LogP contribution in [0.3, 0.4) is 0 Å². The zero-order chi connectivity index (χ0) is 14.7. The topological polar surface area (TPSA) is 41.6 Å². The van der Waals surface area contributed by atoms with Gasteiger partial charge in [-0.1, -0.05) is 6.07 Å². The molecule has 1 aromatic carbocycles. The monoisotopic (exact) mass is 280 g/mol. The number of anilines is 1. The molecule has 4 nitrogen and oxygen atoms in total. The molecule has 2 rings (SSSR count). The lowest BCUT2D eigenvalue weighted by Crippen LogP contribution is -2.41. The number of rotatable bonds is 4. The quantitative estimate of drug-likeness (QED) is 0.921. The van der Waals surface area contributed by atoms with E-state index in [1.807, 2.05) is 13.8 Å². The van der Waals surface area contributed by atoms with E-state index in [2.05, 4.69) is 5.32 Å². The number of nitrogens with zero attached hydrogens (tertiary/aromatic N) is 1. The molecule has 2 atom stereocenters. The van der Waals surface area contributed by atoms with Crippen molar-refractivity contribution in [3.8, 4) is 0 Å². The third kappa shape index (κ3) is 2.77. The molecule has 2 unspecified atom stereocenters. The minimum absolute atomic E-state index is 0.0140. The highest BCUT2D eigenvalue weighted by Gasteiger charge is 2.32. The Morgan fingerprint density at radius 3 is 2.90 bits per heavy atom. The van der Waals surface area contributed by atoms with E-state index in [1.54, 1.807) is 24.1 Å². The molecular formula is C15H21FN2O2. The van der Waals surface area contributed by atoms with E-state index in [4.69, 9.17) is 4.74 Å². The Hall–Kier alpha value is -1.62. The first kappa shape index (κ1) is 14.8. The third-order valence-corrected chi connectivity index (χ3v) is 3.75. The Labute approximate surface area is 118 Å². The van der Waals surface area contributed by atoms with Gasteiger partial charge < -0.3 is 15.0 Å². The van der Waals surface area contributed by atoms with Crippen molar-refractivity contribution >= 4 is 11.6 Å². The number of benzene rings is 1. The molecule has 1 aliphatic rings. The second-order valence-electron chi connectivity index (χ2n) is 5.04. The van der Waals surface area contributed by atoms with E-state index >= 15 is 0 Å². The van der Waals surface area contributed by atoms with E-state index in [0.717, 1.165) is 6.42 Å². The van der Waals surface area contributed by atoms with Crippen LogP contribution in [0.15, 0.2) is 18.2 Å². The van der Waals surface area contributed by atoms with Gasteiger partial charge in [0, 0.05) is 20.2 Å². The van der Waals surface area contributed by atoms with Crippen LogP contribution < -0.4 is 5.32 Å². The summed E-state index contributed by atoms with van der Waals surface area (Å²) in [4.78, 5) is 14.2. The number of carbonyl (C=O) groups is 1. The summed E-state index contributed by atoms with van der Waals surface area (Å²) in [6.45, 7) is 5.05. The number of hydrogen-bond acceptors (Lipinski definition) is 3. The highest BCUT2D eigenvalue weighted by Crippen LogP contribution is 2.25. The van der Waals surface area contributed by atoms with Crippen molar-refractivity contribution < 1.29 is 13.9 Å². The van der Waals surface area contributed by atoms with Crippen molar-refractivity contribution in [2.45, 2.75) is 32.4 Å². The van der Waals surface area contributed by atoms with Gasteiger partial charge in [0.1, 0.15) is 5.82 Å². The predicted octanol–water partition coefficient (Wildman–Crippen LogP) is 2.51. The Kier molecular flexibility index (Phi) is 4.60. The summed E-state index contributed by atoms with van der Waals surface area (Å²) in [6.07, 6.45) is 0.829. The highest BCUT2D eigenvalue weighted by molar-refractivity contribution is 5.99. The number of halogens is 1. The summed E-state index contributed by atoms with van der Waals surface area (Å²) in [6, 6.07) is 4.61. The molecular weight excluding hydrogens is 259 g/mol. The molecule has 1 aliphatic heterocycles. The maximum atomic E-state index is 13.9. The van der Waals surface area contributed by atoms with E-state index in [0.29, 0.717) is 18.7 Å². The smallest absolute Gasteiger partial charge is 0.256 e. The normalized spacial score (nSPS) is 21.8. The van der Waals surface area contributed by atoms with Crippen molar-refractivity contribution in [2.75, 3.05) is 25.5 Å². The van der Waals surface area contributed by atoms with Crippen LogP contribution in [-0.2, 0) is 4.74 Å². The first-order valence-electron chi connectivity index (χ1n) is 6.97. The van der Waals surface area contributed by atoms with Gasteiger partial charge in [-0.25, -0.2) is 4.39 Å². The van der Waals surface area contributed by atoms with Gasteiger partial charge in [0.25, 0.3) is 5.91 Å². The largest absolute Gasteiger partial charge is 0.382 e. The molecule has 0 radical (unpaired) electrons. The maximum Gasteiger partial charge on any atom is 0.256 e. The Morgan fingerprint density at radius 2 is 2.30 bits per heavy atom. The summed E-state index contributed by atoms with van der Waals surface area (Å²) >= 11 is 0. The SMILES string of the molecule is CCNc1c(F)cccc1C(=O)N(C)C1CCOC1C. The summed E-state index contributed by atoms with van der Waals surface area (Å²) in [5.74, 6) is -0.579. The van der Waals surface area contributed by atoms with Crippen molar-refractivity contribution in [1.29, 1.82) is 0 Å². The maximum absolute atomic E-state index is 13.9. The van der Waals surface area contributed by atoms with Crippen molar-refractivity contribution in [2.24, 2.45) is 0 Å². The van der Waals surface area contributed by atoms with Crippen LogP contribution in [-0.4, -0.2) is 43.2 Å². The van der Waals surface area contributed by atoms with E-state index in [-0.39, 0.29) is 23.7 Å². The Morgan fingerprint density at radius 1 is 1.55 bits per heavy atom. The van der Waals surface area contributed by atoms with Gasteiger partial charge in [-0.05, 0) is 32.4 Å². The first-order valence-corrected chi connectivity index (χ1v) is 6.97. The molecule has 110 valence electrons. The van der Waals surface area contributed by atoms with Gasteiger partial charge in [-0.2, -0.15) is 0 Å². The van der Waals surface area contributed by atoms with E-state index < -0.39 is 5.82 Å². The van der Waals surface area contributed by atoms with E-state index in [1.165, 1.54) is 6.07 Å². The van der Waals surface area contributed by atoms with E-state index in [9.17, 15) is 9.18 Å². The standard InChI is InChI=1S/C15H21FN2O2/c1-4-17-14-11(6-5-7-12(14)16)15(19)18(3)13-8-9-20-10(13)2/h5-7,10,13,17H,4,8-9H2,1-3H3. The van der Waals surface area contributed by atoms with Crippen LogP contribution in [0, 0.1) is 5.82 Å². The third-order valence-electron chi connectivity index (χ3n) is 3.75. The number of para-hydroxylation sites is 1. The van der Waals surface area contributed by atoms with Crippen LogP contribution in [0.1, 0.15) is 30.6 Å². The molecule has 0 saturated carbocycles. The van der Waals surface area contributed by atoms with Crippen molar-refractivity contribution in [3.63, 3.8) is 0 Å². The minimum atomic E-state index is -0.401. The molecule has 0 aliphatic carbocycles. The number of carbonyl (C=O) groups excluding carboxylic acids is 1. The predicted molar refractivity (Wildman–Crippen MR) is 76.5 cm³/mol. The number of amides is 1. The average molecular weight is 280 g/mol. The van der Waals surface area contributed by atoms with Gasteiger partial charge in [-0.15, -0.1) is 0 Å². The molecule has 1 amide bonds.